The normalized spacial score (nSPS) is 19.7. The smallest absolute Gasteiger partial charge is 0.254 e. The van der Waals surface area contributed by atoms with Crippen LogP contribution in [0.2, 0.25) is 5.02 Å². The van der Waals surface area contributed by atoms with Crippen LogP contribution in [0.1, 0.15) is 36.5 Å². The van der Waals surface area contributed by atoms with E-state index in [1.807, 2.05) is 17.0 Å². The zero-order valence-electron chi connectivity index (χ0n) is 9.75. The maximum atomic E-state index is 12.3. The summed E-state index contributed by atoms with van der Waals surface area (Å²) in [6, 6.07) is 5.78. The van der Waals surface area contributed by atoms with E-state index in [2.05, 4.69) is 22.9 Å². The van der Waals surface area contributed by atoms with Crippen molar-refractivity contribution >= 4 is 33.4 Å². The fraction of sp³-hybridized carbons (Fsp3) is 0.462. The lowest BCUT2D eigenvalue weighted by atomic mass is 10.1. The van der Waals surface area contributed by atoms with E-state index in [0.29, 0.717) is 16.6 Å². The second kappa shape index (κ2) is 5.40. The maximum absolute atomic E-state index is 12.3. The van der Waals surface area contributed by atoms with Crippen LogP contribution in [0.4, 0.5) is 0 Å². The lowest BCUT2D eigenvalue weighted by Crippen LogP contribution is -2.35. The van der Waals surface area contributed by atoms with Crippen LogP contribution >= 0.6 is 27.5 Å². The molecule has 92 valence electrons. The van der Waals surface area contributed by atoms with Gasteiger partial charge in [0.1, 0.15) is 0 Å². The monoisotopic (exact) mass is 315 g/mol. The van der Waals surface area contributed by atoms with Gasteiger partial charge in [0, 0.05) is 22.6 Å². The molecule has 0 aliphatic carbocycles. The standard InChI is InChI=1S/C13H15BrClNO/c1-2-10-4-3-7-16(10)13(17)9-5-6-11(14)12(15)8-9/h5-6,8,10H,2-4,7H2,1H3. The van der Waals surface area contributed by atoms with Gasteiger partial charge in [-0.3, -0.25) is 4.79 Å². The van der Waals surface area contributed by atoms with Crippen molar-refractivity contribution in [1.29, 1.82) is 0 Å². The Hall–Kier alpha value is -0.540. The molecule has 1 amide bonds. The number of halogens is 2. The van der Waals surface area contributed by atoms with Crippen molar-refractivity contribution in [2.45, 2.75) is 32.2 Å². The molecule has 1 aliphatic heterocycles. The molecule has 0 radical (unpaired) electrons. The number of likely N-dealkylation sites (tertiary alicyclic amines) is 1. The largest absolute Gasteiger partial charge is 0.336 e. The van der Waals surface area contributed by atoms with Crippen LogP contribution in [-0.4, -0.2) is 23.4 Å². The van der Waals surface area contributed by atoms with Crippen molar-refractivity contribution in [3.05, 3.63) is 33.3 Å². The van der Waals surface area contributed by atoms with Crippen molar-refractivity contribution in [3.8, 4) is 0 Å². The third kappa shape index (κ3) is 2.66. The predicted molar refractivity (Wildman–Crippen MR) is 73.5 cm³/mol. The Kier molecular flexibility index (Phi) is 4.10. The first-order valence-electron chi connectivity index (χ1n) is 5.89. The Morgan fingerprint density at radius 1 is 1.59 bits per heavy atom. The molecule has 1 saturated heterocycles. The van der Waals surface area contributed by atoms with Gasteiger partial charge in [-0.2, -0.15) is 0 Å². The third-order valence-electron chi connectivity index (χ3n) is 3.28. The molecule has 0 aromatic heterocycles. The van der Waals surface area contributed by atoms with Gasteiger partial charge in [-0.05, 0) is 53.4 Å². The Bertz CT molecular complexity index is 435. The van der Waals surface area contributed by atoms with E-state index in [4.69, 9.17) is 11.6 Å². The number of nitrogens with zero attached hydrogens (tertiary/aromatic N) is 1. The zero-order chi connectivity index (χ0) is 12.4. The van der Waals surface area contributed by atoms with E-state index in [0.717, 1.165) is 30.3 Å². The molecule has 1 atom stereocenters. The number of rotatable bonds is 2. The number of amides is 1. The van der Waals surface area contributed by atoms with E-state index in [1.54, 1.807) is 6.07 Å². The van der Waals surface area contributed by atoms with Gasteiger partial charge in [0.15, 0.2) is 0 Å². The highest BCUT2D eigenvalue weighted by Crippen LogP contribution is 2.26. The minimum Gasteiger partial charge on any atom is -0.336 e. The molecule has 1 aliphatic rings. The van der Waals surface area contributed by atoms with Crippen LogP contribution in [0.5, 0.6) is 0 Å². The average molecular weight is 317 g/mol. The van der Waals surface area contributed by atoms with Crippen LogP contribution in [0, 0.1) is 0 Å². The van der Waals surface area contributed by atoms with E-state index in [1.165, 1.54) is 0 Å². The summed E-state index contributed by atoms with van der Waals surface area (Å²) in [7, 11) is 0. The van der Waals surface area contributed by atoms with Crippen LogP contribution < -0.4 is 0 Å². The molecule has 2 nitrogen and oxygen atoms in total. The summed E-state index contributed by atoms with van der Waals surface area (Å²) >= 11 is 9.35. The Morgan fingerprint density at radius 3 is 3.00 bits per heavy atom. The first-order chi connectivity index (χ1) is 8.13. The van der Waals surface area contributed by atoms with Gasteiger partial charge >= 0.3 is 0 Å². The summed E-state index contributed by atoms with van der Waals surface area (Å²) < 4.78 is 0.823. The molecule has 17 heavy (non-hydrogen) atoms. The maximum Gasteiger partial charge on any atom is 0.254 e. The number of benzene rings is 1. The molecular weight excluding hydrogens is 302 g/mol. The molecule has 0 spiro atoms. The Labute approximate surface area is 115 Å². The second-order valence-electron chi connectivity index (χ2n) is 4.33. The summed E-state index contributed by atoms with van der Waals surface area (Å²) in [6.45, 7) is 3.00. The average Bonchev–Trinajstić information content (AvgIpc) is 2.80. The molecule has 1 fully saturated rings. The van der Waals surface area contributed by atoms with Crippen LogP contribution in [0.3, 0.4) is 0 Å². The lowest BCUT2D eigenvalue weighted by Gasteiger charge is -2.23. The van der Waals surface area contributed by atoms with E-state index >= 15 is 0 Å². The van der Waals surface area contributed by atoms with Gasteiger partial charge in [0.25, 0.3) is 5.91 Å². The van der Waals surface area contributed by atoms with E-state index in [-0.39, 0.29) is 5.91 Å². The van der Waals surface area contributed by atoms with Crippen molar-refractivity contribution in [1.82, 2.24) is 4.90 Å². The van der Waals surface area contributed by atoms with Gasteiger partial charge in [-0.25, -0.2) is 0 Å². The molecule has 2 rings (SSSR count). The summed E-state index contributed by atoms with van der Waals surface area (Å²) in [5.74, 6) is 0.101. The molecule has 1 heterocycles. The molecule has 0 saturated carbocycles. The number of hydrogen-bond donors (Lipinski definition) is 0. The zero-order valence-corrected chi connectivity index (χ0v) is 12.1. The summed E-state index contributed by atoms with van der Waals surface area (Å²) in [5.41, 5.74) is 0.679. The molecule has 0 bridgehead atoms. The highest BCUT2D eigenvalue weighted by atomic mass is 79.9. The highest BCUT2D eigenvalue weighted by Gasteiger charge is 2.28. The number of hydrogen-bond acceptors (Lipinski definition) is 1. The summed E-state index contributed by atoms with van der Waals surface area (Å²) in [6.07, 6.45) is 3.25. The van der Waals surface area contributed by atoms with Crippen molar-refractivity contribution < 1.29 is 4.79 Å². The van der Waals surface area contributed by atoms with Gasteiger partial charge in [-0.15, -0.1) is 0 Å². The minimum atomic E-state index is 0.101. The number of carbonyl (C=O) groups excluding carboxylic acids is 1. The fourth-order valence-corrected chi connectivity index (χ4v) is 2.75. The van der Waals surface area contributed by atoms with Crippen molar-refractivity contribution in [3.63, 3.8) is 0 Å². The van der Waals surface area contributed by atoms with E-state index in [9.17, 15) is 4.79 Å². The Morgan fingerprint density at radius 2 is 2.35 bits per heavy atom. The van der Waals surface area contributed by atoms with Crippen molar-refractivity contribution in [2.75, 3.05) is 6.54 Å². The van der Waals surface area contributed by atoms with Gasteiger partial charge in [0.2, 0.25) is 0 Å². The Balaban J connectivity index is 2.21. The first-order valence-corrected chi connectivity index (χ1v) is 7.06. The van der Waals surface area contributed by atoms with Crippen molar-refractivity contribution in [2.24, 2.45) is 0 Å². The molecule has 0 N–H and O–H groups in total. The first kappa shape index (κ1) is 12.9. The SMILES string of the molecule is CCC1CCCN1C(=O)c1ccc(Br)c(Cl)c1. The van der Waals surface area contributed by atoms with Crippen LogP contribution in [0.25, 0.3) is 0 Å². The fourth-order valence-electron chi connectivity index (χ4n) is 2.32. The van der Waals surface area contributed by atoms with Gasteiger partial charge in [0.05, 0.1) is 5.02 Å². The topological polar surface area (TPSA) is 20.3 Å². The predicted octanol–water partition coefficient (Wildman–Crippen LogP) is 4.12. The van der Waals surface area contributed by atoms with E-state index < -0.39 is 0 Å². The highest BCUT2D eigenvalue weighted by molar-refractivity contribution is 9.10. The minimum absolute atomic E-state index is 0.101. The quantitative estimate of drug-likeness (QED) is 0.804. The van der Waals surface area contributed by atoms with Gasteiger partial charge in [-0.1, -0.05) is 18.5 Å². The summed E-state index contributed by atoms with van der Waals surface area (Å²) in [5, 5.41) is 0.586. The lowest BCUT2D eigenvalue weighted by molar-refractivity contribution is 0.0733. The van der Waals surface area contributed by atoms with Crippen LogP contribution in [0.15, 0.2) is 22.7 Å². The molecule has 1 unspecified atom stereocenters. The summed E-state index contributed by atoms with van der Waals surface area (Å²) in [4.78, 5) is 14.3. The number of carbonyl (C=O) groups is 1. The molecule has 1 aromatic rings. The molecule has 4 heteroatoms. The third-order valence-corrected chi connectivity index (χ3v) is 4.51. The molecule has 1 aromatic carbocycles. The molecular formula is C13H15BrClNO. The van der Waals surface area contributed by atoms with Crippen LogP contribution in [-0.2, 0) is 0 Å². The second-order valence-corrected chi connectivity index (χ2v) is 5.59. The van der Waals surface area contributed by atoms with Gasteiger partial charge < -0.3 is 4.90 Å².